The number of imidazole rings is 2. The number of carbonyl (C=O) groups is 4. The summed E-state index contributed by atoms with van der Waals surface area (Å²) >= 11 is 0. The predicted molar refractivity (Wildman–Crippen MR) is 237 cm³/mol. The summed E-state index contributed by atoms with van der Waals surface area (Å²) in [6.07, 6.45) is 8.77. The van der Waals surface area contributed by atoms with Crippen LogP contribution in [0.1, 0.15) is 73.9 Å². The van der Waals surface area contributed by atoms with Crippen LogP contribution in [0.4, 0.5) is 9.59 Å². The molecule has 0 spiro atoms. The van der Waals surface area contributed by atoms with Gasteiger partial charge in [0, 0.05) is 55.2 Å². The Bertz CT molecular complexity index is 2620. The van der Waals surface area contributed by atoms with Crippen molar-refractivity contribution in [1.82, 2.24) is 45.4 Å². The van der Waals surface area contributed by atoms with E-state index in [0.717, 1.165) is 70.2 Å². The number of rotatable bonds is 11. The van der Waals surface area contributed by atoms with Gasteiger partial charge in [-0.1, -0.05) is 66.7 Å². The van der Waals surface area contributed by atoms with E-state index < -0.39 is 24.3 Å². The van der Waals surface area contributed by atoms with Gasteiger partial charge in [-0.3, -0.25) is 14.6 Å². The zero-order valence-corrected chi connectivity index (χ0v) is 35.8. The summed E-state index contributed by atoms with van der Waals surface area (Å²) in [6, 6.07) is 23.5. The number of nitrogens with zero attached hydrogens (tertiary/aromatic N) is 5. The van der Waals surface area contributed by atoms with E-state index in [-0.39, 0.29) is 29.8 Å². The molecule has 0 radical (unpaired) electrons. The number of hydrogen-bond acceptors (Lipinski definition) is 10. The van der Waals surface area contributed by atoms with Gasteiger partial charge in [-0.2, -0.15) is 0 Å². The number of fused-ring (bicyclic) bond motifs is 1. The first-order chi connectivity index (χ1) is 31.3. The SMILES string of the molecule is COC(=O)N[C@H](C(=O)N1CCC[C@H]1c1ncc(-c2ccc(-c3cc4ccc(-c5c[nH]c(C6CCCN6C(=O)[C@H](NC(=O)OC)c6ccccc6)n5)cc4cn3)cc2)[nH]1)C1CCOCC1. The van der Waals surface area contributed by atoms with Crippen molar-refractivity contribution in [3.63, 3.8) is 0 Å². The highest BCUT2D eigenvalue weighted by atomic mass is 16.5. The first-order valence-electron chi connectivity index (χ1n) is 21.8. The number of alkyl carbamates (subject to hydrolysis) is 2. The maximum atomic E-state index is 14.0. The minimum atomic E-state index is -0.890. The first kappa shape index (κ1) is 42.2. The lowest BCUT2D eigenvalue weighted by Crippen LogP contribution is -2.53. The van der Waals surface area contributed by atoms with Crippen molar-refractivity contribution >= 4 is 34.8 Å². The quantitative estimate of drug-likeness (QED) is 0.103. The molecule has 3 aliphatic rings. The average Bonchev–Trinajstić information content (AvgIpc) is 4.20. The van der Waals surface area contributed by atoms with E-state index in [1.807, 2.05) is 78.0 Å². The Kier molecular flexibility index (Phi) is 12.4. The van der Waals surface area contributed by atoms with E-state index in [1.54, 1.807) is 11.1 Å². The molecular formula is C48H51N9O7. The Hall–Kier alpha value is -7.07. The Morgan fingerprint density at radius 3 is 2.11 bits per heavy atom. The van der Waals surface area contributed by atoms with Crippen molar-refractivity contribution in [3.05, 3.63) is 115 Å². The van der Waals surface area contributed by atoms with Crippen molar-refractivity contribution in [2.45, 2.75) is 62.7 Å². The molecule has 16 heteroatoms. The fraction of sp³-hybridized carbons (Fsp3) is 0.354. The highest BCUT2D eigenvalue weighted by Gasteiger charge is 2.40. The van der Waals surface area contributed by atoms with Crippen LogP contribution >= 0.6 is 0 Å². The third-order valence-electron chi connectivity index (χ3n) is 12.7. The van der Waals surface area contributed by atoms with E-state index in [1.165, 1.54) is 14.2 Å². The fourth-order valence-electron chi connectivity index (χ4n) is 9.29. The van der Waals surface area contributed by atoms with Crippen LogP contribution in [0, 0.1) is 5.92 Å². The molecule has 4 amide bonds. The van der Waals surface area contributed by atoms with Gasteiger partial charge in [0.1, 0.15) is 23.7 Å². The molecule has 6 aromatic rings. The molecule has 0 aliphatic carbocycles. The van der Waals surface area contributed by atoms with Crippen molar-refractivity contribution in [2.75, 3.05) is 40.5 Å². The summed E-state index contributed by atoms with van der Waals surface area (Å²) in [4.78, 5) is 77.4. The second kappa shape index (κ2) is 18.7. The summed E-state index contributed by atoms with van der Waals surface area (Å²) < 4.78 is 15.2. The summed E-state index contributed by atoms with van der Waals surface area (Å²) in [5.41, 5.74) is 5.94. The number of H-pyrrole nitrogens is 2. The fourth-order valence-corrected chi connectivity index (χ4v) is 9.29. The topological polar surface area (TPSA) is 197 Å². The third-order valence-corrected chi connectivity index (χ3v) is 12.7. The number of ether oxygens (including phenoxy) is 3. The number of pyridine rings is 1. The van der Waals surface area contributed by atoms with Crippen LogP contribution in [0.5, 0.6) is 0 Å². The van der Waals surface area contributed by atoms with Gasteiger partial charge in [-0.15, -0.1) is 0 Å². The van der Waals surface area contributed by atoms with Gasteiger partial charge >= 0.3 is 12.2 Å². The van der Waals surface area contributed by atoms with E-state index in [0.29, 0.717) is 56.4 Å². The first-order valence-corrected chi connectivity index (χ1v) is 21.8. The number of amides is 4. The van der Waals surface area contributed by atoms with Gasteiger partial charge in [0.05, 0.1) is 49.6 Å². The van der Waals surface area contributed by atoms with Crippen LogP contribution in [0.15, 0.2) is 97.5 Å². The van der Waals surface area contributed by atoms with Gasteiger partial charge in [0.15, 0.2) is 0 Å². The smallest absolute Gasteiger partial charge is 0.407 e. The maximum Gasteiger partial charge on any atom is 0.407 e. The molecule has 16 nitrogen and oxygen atoms in total. The van der Waals surface area contributed by atoms with Crippen molar-refractivity contribution in [1.29, 1.82) is 0 Å². The largest absolute Gasteiger partial charge is 0.453 e. The number of nitrogens with one attached hydrogen (secondary N) is 4. The normalized spacial score (nSPS) is 18.7. The molecule has 3 aromatic carbocycles. The van der Waals surface area contributed by atoms with E-state index >= 15 is 0 Å². The molecule has 3 saturated heterocycles. The molecule has 64 heavy (non-hydrogen) atoms. The number of aromatic amines is 2. The van der Waals surface area contributed by atoms with Gasteiger partial charge < -0.3 is 44.6 Å². The lowest BCUT2D eigenvalue weighted by Gasteiger charge is -2.34. The van der Waals surface area contributed by atoms with Crippen molar-refractivity contribution in [3.8, 4) is 33.8 Å². The summed E-state index contributed by atoms with van der Waals surface area (Å²) in [5.74, 6) is 1.03. The van der Waals surface area contributed by atoms with E-state index in [2.05, 4.69) is 38.8 Å². The number of hydrogen-bond donors (Lipinski definition) is 4. The molecule has 330 valence electrons. The molecule has 3 aliphatic heterocycles. The van der Waals surface area contributed by atoms with Gasteiger partial charge in [0.2, 0.25) is 5.91 Å². The molecule has 9 rings (SSSR count). The lowest BCUT2D eigenvalue weighted by atomic mass is 9.90. The Morgan fingerprint density at radius 2 is 1.38 bits per heavy atom. The van der Waals surface area contributed by atoms with Crippen LogP contribution < -0.4 is 10.6 Å². The highest BCUT2D eigenvalue weighted by Crippen LogP contribution is 2.36. The lowest BCUT2D eigenvalue weighted by molar-refractivity contribution is -0.137. The molecule has 3 fully saturated rings. The Morgan fingerprint density at radius 1 is 0.703 bits per heavy atom. The van der Waals surface area contributed by atoms with Crippen molar-refractivity contribution in [2.24, 2.45) is 5.92 Å². The van der Waals surface area contributed by atoms with Crippen LogP contribution in [-0.2, 0) is 23.8 Å². The van der Waals surface area contributed by atoms with Gasteiger partial charge in [-0.25, -0.2) is 19.6 Å². The molecule has 6 heterocycles. The second-order valence-electron chi connectivity index (χ2n) is 16.5. The standard InChI is InChI=1S/C48H51N9O7/c1-62-47(60)54-41(31-8-4-3-5-9-31)45(58)56-20-7-11-40(56)44-51-28-38(53-44)34-17-16-33-25-36(49-26-35(33)24-34)29-12-14-30(15-13-29)37-27-50-43(52-37)39-10-6-21-57(39)46(59)42(55-48(61)63-2)32-18-22-64-23-19-32/h3-5,8-9,12-17,24-28,32,39-42H,6-7,10-11,18-23H2,1-2H3,(H,50,52)(H,51,53)(H,54,60)(H,55,61)/t39-,40?,41+,42-/m0/s1. The zero-order chi connectivity index (χ0) is 44.2. The second-order valence-corrected chi connectivity index (χ2v) is 16.5. The number of benzene rings is 3. The zero-order valence-electron chi connectivity index (χ0n) is 35.8. The highest BCUT2D eigenvalue weighted by molar-refractivity contribution is 5.90. The average molecular weight is 866 g/mol. The molecule has 0 bridgehead atoms. The maximum absolute atomic E-state index is 14.0. The van der Waals surface area contributed by atoms with Gasteiger partial charge in [0.25, 0.3) is 5.91 Å². The van der Waals surface area contributed by atoms with Crippen molar-refractivity contribution < 1.29 is 33.4 Å². The minimum Gasteiger partial charge on any atom is -0.453 e. The molecule has 4 N–H and O–H groups in total. The van der Waals surface area contributed by atoms with Gasteiger partial charge in [-0.05, 0) is 73.1 Å². The Labute approximate surface area is 370 Å². The molecule has 1 unspecified atom stereocenters. The Balaban J connectivity index is 0.868. The molecular weight excluding hydrogens is 815 g/mol. The number of likely N-dealkylation sites (tertiary alicyclic amines) is 2. The molecule has 4 atom stereocenters. The van der Waals surface area contributed by atoms with Crippen LogP contribution in [0.25, 0.3) is 44.5 Å². The number of carbonyl (C=O) groups excluding carboxylic acids is 4. The molecule has 0 saturated carbocycles. The summed E-state index contributed by atoms with van der Waals surface area (Å²) in [6.45, 7) is 2.24. The monoisotopic (exact) mass is 865 g/mol. The number of aromatic nitrogens is 5. The van der Waals surface area contributed by atoms with Crippen LogP contribution in [0.3, 0.4) is 0 Å². The third kappa shape index (κ3) is 8.78. The van der Waals surface area contributed by atoms with E-state index in [4.69, 9.17) is 29.2 Å². The predicted octanol–water partition coefficient (Wildman–Crippen LogP) is 7.26. The van der Waals surface area contributed by atoms with E-state index in [9.17, 15) is 19.2 Å². The molecule has 3 aromatic heterocycles. The number of methoxy groups -OCH3 is 2. The summed E-state index contributed by atoms with van der Waals surface area (Å²) in [5, 5.41) is 7.52. The van der Waals surface area contributed by atoms with Crippen LogP contribution in [-0.4, -0.2) is 105 Å². The minimum absolute atomic E-state index is 0.0347. The summed E-state index contributed by atoms with van der Waals surface area (Å²) in [7, 11) is 2.58. The van der Waals surface area contributed by atoms with Crippen LogP contribution in [0.2, 0.25) is 0 Å².